The molecule has 0 spiro atoms. The van der Waals surface area contributed by atoms with E-state index in [4.69, 9.17) is 5.73 Å². The van der Waals surface area contributed by atoms with Crippen LogP contribution in [0.2, 0.25) is 0 Å². The van der Waals surface area contributed by atoms with Crippen LogP contribution < -0.4 is 5.73 Å². The van der Waals surface area contributed by atoms with E-state index in [1.165, 1.54) is 6.92 Å². The molecule has 0 aliphatic carbocycles. The summed E-state index contributed by atoms with van der Waals surface area (Å²) < 4.78 is 64.4. The Balaban J connectivity index is 3.57. The van der Waals surface area contributed by atoms with Gasteiger partial charge in [-0.2, -0.15) is 17.5 Å². The lowest BCUT2D eigenvalue weighted by Gasteiger charge is -2.24. The van der Waals surface area contributed by atoms with Gasteiger partial charge in [-0.05, 0) is 13.0 Å². The first-order valence-electron chi connectivity index (χ1n) is 5.96. The lowest BCUT2D eigenvalue weighted by molar-refractivity contribution is -0.385. The van der Waals surface area contributed by atoms with Crippen molar-refractivity contribution in [3.63, 3.8) is 0 Å². The van der Waals surface area contributed by atoms with Gasteiger partial charge < -0.3 is 5.73 Å². The summed E-state index contributed by atoms with van der Waals surface area (Å²) in [5.74, 6) is 0. The molecule has 0 bridgehead atoms. The lowest BCUT2D eigenvalue weighted by Crippen LogP contribution is -2.40. The molecule has 0 radical (unpaired) electrons. The molecule has 1 rings (SSSR count). The number of rotatable bonds is 5. The van der Waals surface area contributed by atoms with Crippen LogP contribution in [0.5, 0.6) is 0 Å². The van der Waals surface area contributed by atoms with E-state index < -0.39 is 43.3 Å². The molecule has 11 heteroatoms. The Morgan fingerprint density at radius 3 is 2.36 bits per heavy atom. The maximum atomic E-state index is 13.0. The standard InChI is InChI=1S/C11H14F3N3O4S/c1-7(6-15)16(2)22(20,21)10-4-3-8(17(18)19)5-9(10)11(12,13)14/h3-5,7H,6,15H2,1-2H3. The monoisotopic (exact) mass is 341 g/mol. The summed E-state index contributed by atoms with van der Waals surface area (Å²) in [5, 5.41) is 10.6. The molecule has 0 amide bonds. The molecule has 0 aromatic heterocycles. The van der Waals surface area contributed by atoms with Gasteiger partial charge in [0.2, 0.25) is 10.0 Å². The first-order valence-corrected chi connectivity index (χ1v) is 7.40. The van der Waals surface area contributed by atoms with Gasteiger partial charge in [0.15, 0.2) is 0 Å². The maximum absolute atomic E-state index is 13.0. The highest BCUT2D eigenvalue weighted by molar-refractivity contribution is 7.89. The molecule has 2 N–H and O–H groups in total. The SMILES string of the molecule is CC(CN)N(C)S(=O)(=O)c1ccc([N+](=O)[O-])cc1C(F)(F)F. The van der Waals surface area contributed by atoms with E-state index in [1.807, 2.05) is 0 Å². The van der Waals surface area contributed by atoms with Gasteiger partial charge in [-0.3, -0.25) is 10.1 Å². The second-order valence-corrected chi connectivity index (χ2v) is 6.51. The summed E-state index contributed by atoms with van der Waals surface area (Å²) in [4.78, 5) is 8.51. The fourth-order valence-electron chi connectivity index (χ4n) is 1.62. The summed E-state index contributed by atoms with van der Waals surface area (Å²) in [6, 6.07) is 0.758. The second kappa shape index (κ2) is 6.18. The van der Waals surface area contributed by atoms with Crippen molar-refractivity contribution in [1.29, 1.82) is 0 Å². The van der Waals surface area contributed by atoms with Crippen molar-refractivity contribution in [2.75, 3.05) is 13.6 Å². The van der Waals surface area contributed by atoms with Crippen LogP contribution in [0.1, 0.15) is 12.5 Å². The van der Waals surface area contributed by atoms with Crippen molar-refractivity contribution >= 4 is 15.7 Å². The first kappa shape index (κ1) is 18.3. The summed E-state index contributed by atoms with van der Waals surface area (Å²) >= 11 is 0. The number of alkyl halides is 3. The quantitative estimate of drug-likeness (QED) is 0.646. The number of nitro groups is 1. The van der Waals surface area contributed by atoms with Crippen LogP contribution in [0.3, 0.4) is 0 Å². The molecule has 1 atom stereocenters. The number of likely N-dealkylation sites (N-methyl/N-ethyl adjacent to an activating group) is 1. The lowest BCUT2D eigenvalue weighted by atomic mass is 10.2. The number of halogens is 3. The minimum absolute atomic E-state index is 0.0932. The molecule has 0 fully saturated rings. The van der Waals surface area contributed by atoms with Crippen molar-refractivity contribution in [3.05, 3.63) is 33.9 Å². The van der Waals surface area contributed by atoms with Gasteiger partial charge in [0.05, 0.1) is 15.4 Å². The van der Waals surface area contributed by atoms with Crippen LogP contribution in [-0.2, 0) is 16.2 Å². The zero-order chi connectivity index (χ0) is 17.3. The zero-order valence-electron chi connectivity index (χ0n) is 11.7. The van der Waals surface area contributed by atoms with Crippen LogP contribution in [0.25, 0.3) is 0 Å². The third kappa shape index (κ3) is 3.54. The Kier molecular flexibility index (Phi) is 5.15. The predicted molar refractivity (Wildman–Crippen MR) is 71.6 cm³/mol. The second-order valence-electron chi connectivity index (χ2n) is 4.54. The summed E-state index contributed by atoms with van der Waals surface area (Å²) in [7, 11) is -3.40. The molecule has 22 heavy (non-hydrogen) atoms. The van der Waals surface area contributed by atoms with Gasteiger partial charge in [-0.15, -0.1) is 0 Å². The van der Waals surface area contributed by atoms with Crippen LogP contribution >= 0.6 is 0 Å². The third-order valence-corrected chi connectivity index (χ3v) is 5.13. The number of hydrogen-bond acceptors (Lipinski definition) is 5. The van der Waals surface area contributed by atoms with Gasteiger partial charge in [0.25, 0.3) is 5.69 Å². The smallest absolute Gasteiger partial charge is 0.329 e. The fraction of sp³-hybridized carbons (Fsp3) is 0.455. The zero-order valence-corrected chi connectivity index (χ0v) is 12.5. The number of nitrogens with zero attached hydrogens (tertiary/aromatic N) is 2. The molecule has 0 aliphatic rings. The minimum Gasteiger partial charge on any atom is -0.329 e. The van der Waals surface area contributed by atoms with Crippen LogP contribution in [0.15, 0.2) is 23.1 Å². The maximum Gasteiger partial charge on any atom is 0.417 e. The fourth-order valence-corrected chi connectivity index (χ4v) is 3.18. The van der Waals surface area contributed by atoms with Gasteiger partial charge in [-0.25, -0.2) is 8.42 Å². The number of sulfonamides is 1. The molecule has 7 nitrogen and oxygen atoms in total. The Morgan fingerprint density at radius 2 is 1.95 bits per heavy atom. The van der Waals surface area contributed by atoms with E-state index in [1.54, 1.807) is 0 Å². The summed E-state index contributed by atoms with van der Waals surface area (Å²) in [6.45, 7) is 1.33. The molecule has 0 saturated carbocycles. The van der Waals surface area contributed by atoms with E-state index in [-0.39, 0.29) is 12.6 Å². The number of nitro benzene ring substituents is 1. The highest BCUT2D eigenvalue weighted by Crippen LogP contribution is 2.37. The number of nitrogens with two attached hydrogens (primary N) is 1. The largest absolute Gasteiger partial charge is 0.417 e. The van der Waals surface area contributed by atoms with Gasteiger partial charge in [0, 0.05) is 31.8 Å². The average Bonchev–Trinajstić information content (AvgIpc) is 2.43. The Hall–Kier alpha value is -1.72. The Bertz CT molecular complexity index is 676. The van der Waals surface area contributed by atoms with E-state index in [2.05, 4.69) is 0 Å². The van der Waals surface area contributed by atoms with Gasteiger partial charge in [0.1, 0.15) is 0 Å². The number of hydrogen-bond donors (Lipinski definition) is 1. The normalized spacial score (nSPS) is 14.1. The van der Waals surface area contributed by atoms with Crippen molar-refractivity contribution in [2.45, 2.75) is 24.0 Å². The van der Waals surface area contributed by atoms with Crippen molar-refractivity contribution < 1.29 is 26.5 Å². The number of non-ortho nitro benzene ring substituents is 1. The molecule has 1 aromatic carbocycles. The average molecular weight is 341 g/mol. The van der Waals surface area contributed by atoms with E-state index in [0.29, 0.717) is 16.4 Å². The molecule has 0 aliphatic heterocycles. The van der Waals surface area contributed by atoms with Gasteiger partial charge in [-0.1, -0.05) is 0 Å². The predicted octanol–water partition coefficient (Wildman–Crippen LogP) is 1.58. The molecule has 1 aromatic rings. The van der Waals surface area contributed by atoms with E-state index >= 15 is 0 Å². The Labute approximate surface area is 124 Å². The molecule has 1 unspecified atom stereocenters. The van der Waals surface area contributed by atoms with E-state index in [0.717, 1.165) is 7.05 Å². The van der Waals surface area contributed by atoms with Crippen molar-refractivity contribution in [2.24, 2.45) is 5.73 Å². The van der Waals surface area contributed by atoms with Crippen LogP contribution in [-0.4, -0.2) is 37.3 Å². The van der Waals surface area contributed by atoms with Crippen molar-refractivity contribution in [3.8, 4) is 0 Å². The molecule has 124 valence electrons. The highest BCUT2D eigenvalue weighted by atomic mass is 32.2. The minimum atomic E-state index is -5.05. The van der Waals surface area contributed by atoms with Crippen LogP contribution in [0, 0.1) is 10.1 Å². The third-order valence-electron chi connectivity index (χ3n) is 3.10. The molecule has 0 saturated heterocycles. The topological polar surface area (TPSA) is 107 Å². The summed E-state index contributed by atoms with van der Waals surface area (Å²) in [6.07, 6.45) is -5.05. The Morgan fingerprint density at radius 1 is 1.41 bits per heavy atom. The molecular weight excluding hydrogens is 327 g/mol. The van der Waals surface area contributed by atoms with Crippen LogP contribution in [0.4, 0.5) is 18.9 Å². The van der Waals surface area contributed by atoms with Crippen molar-refractivity contribution in [1.82, 2.24) is 4.31 Å². The number of benzene rings is 1. The first-order chi connectivity index (χ1) is 9.92. The highest BCUT2D eigenvalue weighted by Gasteiger charge is 2.40. The summed E-state index contributed by atoms with van der Waals surface area (Å²) in [5.41, 5.74) is 2.89. The van der Waals surface area contributed by atoms with Gasteiger partial charge >= 0.3 is 6.18 Å². The van der Waals surface area contributed by atoms with E-state index in [9.17, 15) is 31.7 Å². The molecule has 0 heterocycles. The molecular formula is C11H14F3N3O4S.